The van der Waals surface area contributed by atoms with Gasteiger partial charge in [0, 0.05) is 17.1 Å². The molecular weight excluding hydrogens is 342 g/mol. The summed E-state index contributed by atoms with van der Waals surface area (Å²) in [4.78, 5) is 4.33. The van der Waals surface area contributed by atoms with Crippen molar-refractivity contribution in [3.63, 3.8) is 0 Å². The predicted octanol–water partition coefficient (Wildman–Crippen LogP) is 2.97. The van der Waals surface area contributed by atoms with Gasteiger partial charge in [-0.1, -0.05) is 23.7 Å². The molecule has 0 bridgehead atoms. The number of ether oxygens (including phenoxy) is 3. The van der Waals surface area contributed by atoms with Gasteiger partial charge in [0.1, 0.15) is 5.75 Å². The summed E-state index contributed by atoms with van der Waals surface area (Å²) in [6.07, 6.45) is 0. The molecule has 0 fully saturated rings. The third kappa shape index (κ3) is 5.19. The number of rotatable bonds is 7. The van der Waals surface area contributed by atoms with Crippen LogP contribution in [-0.4, -0.2) is 27.3 Å². The largest absolute Gasteiger partial charge is 0.496 e. The fourth-order valence-corrected chi connectivity index (χ4v) is 2.42. The zero-order valence-electron chi connectivity index (χ0n) is 14.5. The Morgan fingerprint density at radius 3 is 2.40 bits per heavy atom. The van der Waals surface area contributed by atoms with E-state index < -0.39 is 0 Å². The van der Waals surface area contributed by atoms with Crippen molar-refractivity contribution in [2.75, 3.05) is 21.3 Å². The summed E-state index contributed by atoms with van der Waals surface area (Å²) in [7, 11) is 4.80. The van der Waals surface area contributed by atoms with Crippen molar-refractivity contribution in [3.05, 3.63) is 52.5 Å². The van der Waals surface area contributed by atoms with Gasteiger partial charge in [0.15, 0.2) is 17.5 Å². The fourth-order valence-electron chi connectivity index (χ4n) is 2.26. The molecule has 0 aliphatic heterocycles. The van der Waals surface area contributed by atoms with Crippen molar-refractivity contribution >= 4 is 17.6 Å². The first kappa shape index (κ1) is 18.7. The number of benzene rings is 2. The molecule has 2 rings (SSSR count). The number of nitrogens with zero attached hydrogens (tertiary/aromatic N) is 1. The second-order valence-electron chi connectivity index (χ2n) is 5.20. The van der Waals surface area contributed by atoms with E-state index in [4.69, 9.17) is 31.5 Å². The molecule has 0 aromatic heterocycles. The average Bonchev–Trinajstić information content (AvgIpc) is 2.64. The standard InChI is InChI=1S/C18H22ClN3O3/c1-23-15-7-4-12(8-17(15)25-3)10-21-18(20)22-11-13-5-6-14(19)9-16(13)24-2/h4-9H,10-11H2,1-3H3,(H3,20,21,22). The van der Waals surface area contributed by atoms with E-state index in [2.05, 4.69) is 10.3 Å². The van der Waals surface area contributed by atoms with E-state index >= 15 is 0 Å². The summed E-state index contributed by atoms with van der Waals surface area (Å²) in [6.45, 7) is 0.915. The van der Waals surface area contributed by atoms with E-state index in [1.54, 1.807) is 33.5 Å². The van der Waals surface area contributed by atoms with Crippen LogP contribution in [0.5, 0.6) is 17.2 Å². The zero-order chi connectivity index (χ0) is 18.2. The molecule has 6 nitrogen and oxygen atoms in total. The van der Waals surface area contributed by atoms with Crippen LogP contribution in [0, 0.1) is 0 Å². The van der Waals surface area contributed by atoms with Crippen LogP contribution < -0.4 is 25.3 Å². The second kappa shape index (κ2) is 9.03. The molecule has 134 valence electrons. The average molecular weight is 364 g/mol. The number of halogens is 1. The first-order valence-electron chi connectivity index (χ1n) is 7.64. The van der Waals surface area contributed by atoms with Gasteiger partial charge >= 0.3 is 0 Å². The summed E-state index contributed by atoms with van der Waals surface area (Å²) in [5, 5.41) is 3.68. The highest BCUT2D eigenvalue weighted by atomic mass is 35.5. The number of nitrogens with one attached hydrogen (secondary N) is 1. The lowest BCUT2D eigenvalue weighted by Gasteiger charge is -2.11. The van der Waals surface area contributed by atoms with Gasteiger partial charge in [-0.05, 0) is 29.8 Å². The molecule has 0 atom stereocenters. The van der Waals surface area contributed by atoms with E-state index in [-0.39, 0.29) is 0 Å². The quantitative estimate of drug-likeness (QED) is 0.584. The minimum atomic E-state index is 0.340. The Morgan fingerprint density at radius 1 is 1.00 bits per heavy atom. The Hall–Kier alpha value is -2.60. The topological polar surface area (TPSA) is 78.1 Å². The van der Waals surface area contributed by atoms with Crippen molar-refractivity contribution in [3.8, 4) is 17.2 Å². The molecule has 0 aliphatic carbocycles. The van der Waals surface area contributed by atoms with Gasteiger partial charge in [0.05, 0.1) is 27.9 Å². The van der Waals surface area contributed by atoms with E-state index in [1.807, 2.05) is 24.3 Å². The van der Waals surface area contributed by atoms with Crippen LogP contribution in [0.4, 0.5) is 0 Å². The summed E-state index contributed by atoms with van der Waals surface area (Å²) in [5.41, 5.74) is 7.84. The third-order valence-corrected chi connectivity index (χ3v) is 3.82. The summed E-state index contributed by atoms with van der Waals surface area (Å²) in [5.74, 6) is 2.38. The molecule has 25 heavy (non-hydrogen) atoms. The maximum absolute atomic E-state index is 5.95. The molecule has 7 heteroatoms. The van der Waals surface area contributed by atoms with Gasteiger partial charge in [-0.3, -0.25) is 0 Å². The van der Waals surface area contributed by atoms with E-state index in [0.717, 1.165) is 11.1 Å². The van der Waals surface area contributed by atoms with Gasteiger partial charge in [0.25, 0.3) is 0 Å². The van der Waals surface area contributed by atoms with Crippen LogP contribution in [0.2, 0.25) is 5.02 Å². The Morgan fingerprint density at radius 2 is 1.72 bits per heavy atom. The Labute approximate surface area is 152 Å². The third-order valence-electron chi connectivity index (χ3n) is 3.59. The summed E-state index contributed by atoms with van der Waals surface area (Å²) in [6, 6.07) is 11.1. The van der Waals surface area contributed by atoms with Crippen molar-refractivity contribution in [2.45, 2.75) is 13.1 Å². The molecule has 0 aliphatic rings. The molecule has 0 spiro atoms. The minimum absolute atomic E-state index is 0.340. The Balaban J connectivity index is 1.98. The van der Waals surface area contributed by atoms with Crippen LogP contribution in [-0.2, 0) is 13.1 Å². The number of methoxy groups -OCH3 is 3. The maximum atomic E-state index is 5.95. The monoisotopic (exact) mass is 363 g/mol. The molecule has 0 radical (unpaired) electrons. The van der Waals surface area contributed by atoms with Crippen LogP contribution >= 0.6 is 11.6 Å². The summed E-state index contributed by atoms with van der Waals surface area (Å²) < 4.78 is 15.8. The second-order valence-corrected chi connectivity index (χ2v) is 5.64. The van der Waals surface area contributed by atoms with Crippen LogP contribution in [0.15, 0.2) is 41.4 Å². The normalized spacial score (nSPS) is 11.1. The first-order valence-corrected chi connectivity index (χ1v) is 8.02. The molecule has 2 aromatic rings. The number of nitrogens with two attached hydrogens (primary N) is 1. The predicted molar refractivity (Wildman–Crippen MR) is 99.7 cm³/mol. The fraction of sp³-hybridized carbons (Fsp3) is 0.278. The number of aliphatic imine (C=N–C) groups is 1. The SMILES string of the molecule is COc1cc(Cl)ccc1CNC(N)=NCc1ccc(OC)c(OC)c1. The van der Waals surface area contributed by atoms with Gasteiger partial charge < -0.3 is 25.3 Å². The van der Waals surface area contributed by atoms with Gasteiger partial charge in [-0.25, -0.2) is 4.99 Å². The first-order chi connectivity index (χ1) is 12.1. The van der Waals surface area contributed by atoms with Gasteiger partial charge in [-0.15, -0.1) is 0 Å². The number of hydrogen-bond acceptors (Lipinski definition) is 4. The van der Waals surface area contributed by atoms with Gasteiger partial charge in [0.2, 0.25) is 0 Å². The lowest BCUT2D eigenvalue weighted by atomic mass is 10.2. The zero-order valence-corrected chi connectivity index (χ0v) is 15.3. The maximum Gasteiger partial charge on any atom is 0.189 e. The van der Waals surface area contributed by atoms with Crippen LogP contribution in [0.1, 0.15) is 11.1 Å². The number of guanidine groups is 1. The van der Waals surface area contributed by atoms with Crippen molar-refractivity contribution < 1.29 is 14.2 Å². The van der Waals surface area contributed by atoms with E-state index in [9.17, 15) is 0 Å². The highest BCUT2D eigenvalue weighted by Gasteiger charge is 2.06. The van der Waals surface area contributed by atoms with E-state index in [1.165, 1.54) is 0 Å². The Bertz CT molecular complexity index is 750. The molecule has 2 aromatic carbocycles. The molecule has 0 unspecified atom stereocenters. The van der Waals surface area contributed by atoms with Crippen LogP contribution in [0.3, 0.4) is 0 Å². The van der Waals surface area contributed by atoms with Crippen molar-refractivity contribution in [1.29, 1.82) is 0 Å². The van der Waals surface area contributed by atoms with Crippen LogP contribution in [0.25, 0.3) is 0 Å². The molecule has 0 heterocycles. The molecule has 0 saturated heterocycles. The lowest BCUT2D eigenvalue weighted by molar-refractivity contribution is 0.354. The van der Waals surface area contributed by atoms with Crippen molar-refractivity contribution in [2.24, 2.45) is 10.7 Å². The molecule has 3 N–H and O–H groups in total. The smallest absolute Gasteiger partial charge is 0.189 e. The lowest BCUT2D eigenvalue weighted by Crippen LogP contribution is -2.31. The minimum Gasteiger partial charge on any atom is -0.496 e. The molecule has 0 saturated carbocycles. The van der Waals surface area contributed by atoms with Gasteiger partial charge in [-0.2, -0.15) is 0 Å². The highest BCUT2D eigenvalue weighted by molar-refractivity contribution is 6.30. The molecule has 0 amide bonds. The Kier molecular flexibility index (Phi) is 6.77. The number of hydrogen-bond donors (Lipinski definition) is 2. The highest BCUT2D eigenvalue weighted by Crippen LogP contribution is 2.27. The summed E-state index contributed by atoms with van der Waals surface area (Å²) >= 11 is 5.95. The van der Waals surface area contributed by atoms with E-state index in [0.29, 0.717) is 41.3 Å². The molecular formula is C18H22ClN3O3. The van der Waals surface area contributed by atoms with Crippen molar-refractivity contribution in [1.82, 2.24) is 5.32 Å².